The van der Waals surface area contributed by atoms with Crippen LogP contribution >= 0.6 is 0 Å². The van der Waals surface area contributed by atoms with Gasteiger partial charge in [-0.15, -0.1) is 0 Å². The summed E-state index contributed by atoms with van der Waals surface area (Å²) in [5.74, 6) is -1.02. The Balaban J connectivity index is 2.16. The minimum Gasteiger partial charge on any atom is -0.481 e. The molecule has 1 amide bonds. The summed E-state index contributed by atoms with van der Waals surface area (Å²) in [5, 5.41) is 8.88. The normalized spacial score (nSPS) is 16.4. The Morgan fingerprint density at radius 1 is 1.26 bits per heavy atom. The first kappa shape index (κ1) is 13.5. The van der Waals surface area contributed by atoms with Gasteiger partial charge in [-0.25, -0.2) is 0 Å². The molecule has 0 radical (unpaired) electrons. The van der Waals surface area contributed by atoms with Gasteiger partial charge in [0.15, 0.2) is 0 Å². The lowest BCUT2D eigenvalue weighted by molar-refractivity contribution is -0.136. The van der Waals surface area contributed by atoms with Crippen molar-refractivity contribution < 1.29 is 14.7 Å². The Morgan fingerprint density at radius 2 is 1.89 bits per heavy atom. The summed E-state index contributed by atoms with van der Waals surface area (Å²) >= 11 is 0. The minimum atomic E-state index is -0.930. The summed E-state index contributed by atoms with van der Waals surface area (Å²) in [6.45, 7) is 1.28. The smallest absolute Gasteiger partial charge is 0.307 e. The van der Waals surface area contributed by atoms with E-state index in [9.17, 15) is 9.59 Å². The van der Waals surface area contributed by atoms with E-state index < -0.39 is 5.97 Å². The van der Waals surface area contributed by atoms with Crippen molar-refractivity contribution in [2.75, 3.05) is 13.1 Å². The van der Waals surface area contributed by atoms with Gasteiger partial charge in [0.2, 0.25) is 0 Å². The fourth-order valence-corrected chi connectivity index (χ4v) is 2.32. The zero-order chi connectivity index (χ0) is 13.8. The van der Waals surface area contributed by atoms with Gasteiger partial charge in [0.25, 0.3) is 5.91 Å². The maximum Gasteiger partial charge on any atom is 0.307 e. The van der Waals surface area contributed by atoms with Crippen molar-refractivity contribution in [2.45, 2.75) is 25.3 Å². The van der Waals surface area contributed by atoms with Crippen molar-refractivity contribution in [3.05, 3.63) is 35.4 Å². The van der Waals surface area contributed by atoms with Gasteiger partial charge in [-0.05, 0) is 24.5 Å². The van der Waals surface area contributed by atoms with Crippen LogP contribution in [-0.2, 0) is 11.2 Å². The van der Waals surface area contributed by atoms with Crippen molar-refractivity contribution in [3.8, 4) is 0 Å². The molecular weight excluding hydrogens is 244 g/mol. The van der Waals surface area contributed by atoms with Crippen molar-refractivity contribution >= 4 is 11.9 Å². The van der Waals surface area contributed by atoms with Gasteiger partial charge in [0.05, 0.1) is 6.42 Å². The molecule has 0 aliphatic carbocycles. The van der Waals surface area contributed by atoms with Gasteiger partial charge in [-0.2, -0.15) is 0 Å². The number of carbonyl (C=O) groups is 2. The molecule has 19 heavy (non-hydrogen) atoms. The zero-order valence-corrected chi connectivity index (χ0v) is 10.7. The predicted molar refractivity (Wildman–Crippen MR) is 70.9 cm³/mol. The first-order valence-electron chi connectivity index (χ1n) is 6.42. The summed E-state index contributed by atoms with van der Waals surface area (Å²) in [5.41, 5.74) is 6.87. The number of nitrogens with zero attached hydrogens (tertiary/aromatic N) is 1. The Bertz CT molecular complexity index is 479. The molecule has 3 N–H and O–H groups in total. The molecule has 0 saturated carbocycles. The van der Waals surface area contributed by atoms with E-state index in [-0.39, 0.29) is 18.4 Å². The van der Waals surface area contributed by atoms with Crippen molar-refractivity contribution in [1.82, 2.24) is 4.90 Å². The molecule has 2 rings (SSSR count). The molecule has 1 saturated heterocycles. The quantitative estimate of drug-likeness (QED) is 0.847. The third-order valence-corrected chi connectivity index (χ3v) is 3.42. The summed E-state index contributed by atoms with van der Waals surface area (Å²) in [6, 6.07) is 7.06. The standard InChI is InChI=1S/C14H18N2O3/c15-11-5-7-16(8-6-11)14(19)12-4-2-1-3-10(12)9-13(17)18/h1-4,11H,5-9,15H2,(H,17,18). The highest BCUT2D eigenvalue weighted by Gasteiger charge is 2.23. The third kappa shape index (κ3) is 3.32. The summed E-state index contributed by atoms with van der Waals surface area (Å²) in [7, 11) is 0. The monoisotopic (exact) mass is 262 g/mol. The van der Waals surface area contributed by atoms with Crippen molar-refractivity contribution in [3.63, 3.8) is 0 Å². The van der Waals surface area contributed by atoms with Crippen LogP contribution in [0.25, 0.3) is 0 Å². The van der Waals surface area contributed by atoms with Gasteiger partial charge in [0, 0.05) is 24.7 Å². The second-order valence-electron chi connectivity index (χ2n) is 4.86. The molecule has 0 aromatic heterocycles. The number of amides is 1. The zero-order valence-electron chi connectivity index (χ0n) is 10.7. The average molecular weight is 262 g/mol. The van der Waals surface area contributed by atoms with E-state index >= 15 is 0 Å². The Kier molecular flexibility index (Phi) is 4.16. The molecule has 1 heterocycles. The Labute approximate surface area is 112 Å². The number of piperidine rings is 1. The summed E-state index contributed by atoms with van der Waals surface area (Å²) in [4.78, 5) is 25.0. The highest BCUT2D eigenvalue weighted by atomic mass is 16.4. The molecule has 0 spiro atoms. The van der Waals surface area contributed by atoms with E-state index in [1.807, 2.05) is 0 Å². The second-order valence-corrected chi connectivity index (χ2v) is 4.86. The number of hydrogen-bond donors (Lipinski definition) is 2. The van der Waals surface area contributed by atoms with Gasteiger partial charge in [-0.3, -0.25) is 9.59 Å². The third-order valence-electron chi connectivity index (χ3n) is 3.42. The highest BCUT2D eigenvalue weighted by molar-refractivity contribution is 5.96. The molecule has 5 heteroatoms. The predicted octanol–water partition coefficient (Wildman–Crippen LogP) is 0.877. The number of carboxylic acids is 1. The molecular formula is C14H18N2O3. The van der Waals surface area contributed by atoms with Gasteiger partial charge >= 0.3 is 5.97 Å². The lowest BCUT2D eigenvalue weighted by Crippen LogP contribution is -2.43. The topological polar surface area (TPSA) is 83.6 Å². The van der Waals surface area contributed by atoms with Crippen LogP contribution in [0, 0.1) is 0 Å². The first-order chi connectivity index (χ1) is 9.08. The van der Waals surface area contributed by atoms with E-state index in [1.54, 1.807) is 29.2 Å². The van der Waals surface area contributed by atoms with E-state index in [0.717, 1.165) is 12.8 Å². The SMILES string of the molecule is NC1CCN(C(=O)c2ccccc2CC(=O)O)CC1. The number of rotatable bonds is 3. The highest BCUT2D eigenvalue weighted by Crippen LogP contribution is 2.16. The van der Waals surface area contributed by atoms with Crippen molar-refractivity contribution in [1.29, 1.82) is 0 Å². The molecule has 0 unspecified atom stereocenters. The lowest BCUT2D eigenvalue weighted by atomic mass is 10.0. The molecule has 1 aliphatic heterocycles. The van der Waals surface area contributed by atoms with Crippen LogP contribution in [0.2, 0.25) is 0 Å². The molecule has 0 bridgehead atoms. The van der Waals surface area contributed by atoms with E-state index in [2.05, 4.69) is 0 Å². The van der Waals surface area contributed by atoms with Crippen LogP contribution in [0.5, 0.6) is 0 Å². The summed E-state index contributed by atoms with van der Waals surface area (Å²) in [6.07, 6.45) is 1.47. The Hall–Kier alpha value is -1.88. The lowest BCUT2D eigenvalue weighted by Gasteiger charge is -2.30. The largest absolute Gasteiger partial charge is 0.481 e. The summed E-state index contributed by atoms with van der Waals surface area (Å²) < 4.78 is 0. The Morgan fingerprint density at radius 3 is 2.53 bits per heavy atom. The number of carbonyl (C=O) groups excluding carboxylic acids is 1. The number of carboxylic acid groups (broad SMARTS) is 1. The maximum atomic E-state index is 12.4. The number of nitrogens with two attached hydrogens (primary N) is 1. The van der Waals surface area contributed by atoms with Crippen molar-refractivity contribution in [2.24, 2.45) is 5.73 Å². The molecule has 0 atom stereocenters. The van der Waals surface area contributed by atoms with Crippen LogP contribution < -0.4 is 5.73 Å². The number of hydrogen-bond acceptors (Lipinski definition) is 3. The van der Waals surface area contributed by atoms with Crippen LogP contribution in [0.15, 0.2) is 24.3 Å². The minimum absolute atomic E-state index is 0.0937. The molecule has 1 aliphatic rings. The van der Waals surface area contributed by atoms with E-state index in [0.29, 0.717) is 24.2 Å². The number of likely N-dealkylation sites (tertiary alicyclic amines) is 1. The molecule has 102 valence electrons. The van der Waals surface area contributed by atoms with Crippen LogP contribution in [0.3, 0.4) is 0 Å². The maximum absolute atomic E-state index is 12.4. The second kappa shape index (κ2) is 5.84. The average Bonchev–Trinajstić information content (AvgIpc) is 2.39. The molecule has 1 aromatic carbocycles. The molecule has 5 nitrogen and oxygen atoms in total. The first-order valence-corrected chi connectivity index (χ1v) is 6.42. The van der Waals surface area contributed by atoms with E-state index in [4.69, 9.17) is 10.8 Å². The van der Waals surface area contributed by atoms with Gasteiger partial charge in [-0.1, -0.05) is 18.2 Å². The van der Waals surface area contributed by atoms with E-state index in [1.165, 1.54) is 0 Å². The fraction of sp³-hybridized carbons (Fsp3) is 0.429. The van der Waals surface area contributed by atoms with Crippen LogP contribution in [0.4, 0.5) is 0 Å². The molecule has 1 aromatic rings. The number of aliphatic carboxylic acids is 1. The number of benzene rings is 1. The van der Waals surface area contributed by atoms with Crippen LogP contribution in [0.1, 0.15) is 28.8 Å². The van der Waals surface area contributed by atoms with Gasteiger partial charge < -0.3 is 15.7 Å². The van der Waals surface area contributed by atoms with Gasteiger partial charge in [0.1, 0.15) is 0 Å². The molecule has 1 fully saturated rings. The van der Waals surface area contributed by atoms with Crippen LogP contribution in [-0.4, -0.2) is 41.0 Å². The fourth-order valence-electron chi connectivity index (χ4n) is 2.32.